The number of rotatable bonds is 7. The molecule has 0 aliphatic heterocycles. The summed E-state index contributed by atoms with van der Waals surface area (Å²) in [6.07, 6.45) is -0.949. The van der Waals surface area contributed by atoms with Crippen LogP contribution in [0.25, 0.3) is 0 Å². The van der Waals surface area contributed by atoms with Crippen molar-refractivity contribution >= 4 is 11.9 Å². The van der Waals surface area contributed by atoms with E-state index in [2.05, 4.69) is 5.32 Å². The predicted octanol–water partition coefficient (Wildman–Crippen LogP) is -0.566. The molecule has 7 heteroatoms. The van der Waals surface area contributed by atoms with Gasteiger partial charge in [0.2, 0.25) is 0 Å². The lowest BCUT2D eigenvalue weighted by Gasteiger charge is -2.26. The lowest BCUT2D eigenvalue weighted by Crippen LogP contribution is -2.40. The van der Waals surface area contributed by atoms with Gasteiger partial charge in [0.15, 0.2) is 5.78 Å². The average Bonchev–Trinajstić information content (AvgIpc) is 2.31. The number of carbonyl (C=O) groups excluding carboxylic acids is 2. The van der Waals surface area contributed by atoms with Crippen LogP contribution in [0.5, 0.6) is 0 Å². The van der Waals surface area contributed by atoms with Crippen LogP contribution >= 0.6 is 0 Å². The minimum atomic E-state index is -1.26. The maximum absolute atomic E-state index is 11.6. The van der Waals surface area contributed by atoms with E-state index in [1.807, 2.05) is 0 Å². The summed E-state index contributed by atoms with van der Waals surface area (Å²) in [4.78, 5) is 22.9. The van der Waals surface area contributed by atoms with Crippen LogP contribution in [0.2, 0.25) is 0 Å². The molecular formula is C12H23NO6. The van der Waals surface area contributed by atoms with E-state index in [0.29, 0.717) is 0 Å². The third kappa shape index (κ3) is 7.09. The van der Waals surface area contributed by atoms with Crippen LogP contribution in [0.1, 0.15) is 27.2 Å². The molecular weight excluding hydrogens is 254 g/mol. The summed E-state index contributed by atoms with van der Waals surface area (Å²) >= 11 is 0. The number of hydrogen-bond acceptors (Lipinski definition) is 6. The number of aliphatic hydroxyl groups is 3. The first-order valence-electron chi connectivity index (χ1n) is 5.99. The van der Waals surface area contributed by atoms with Gasteiger partial charge < -0.3 is 25.4 Å². The van der Waals surface area contributed by atoms with Crippen molar-refractivity contribution < 1.29 is 29.6 Å². The highest BCUT2D eigenvalue weighted by atomic mass is 16.6. The average molecular weight is 277 g/mol. The summed E-state index contributed by atoms with van der Waals surface area (Å²) in [6.45, 7) is 3.26. The van der Waals surface area contributed by atoms with Crippen LogP contribution in [-0.2, 0) is 9.53 Å². The van der Waals surface area contributed by atoms with Gasteiger partial charge >= 0.3 is 6.09 Å². The first kappa shape index (κ1) is 17.8. The van der Waals surface area contributed by atoms with Crippen molar-refractivity contribution in [2.75, 3.05) is 26.4 Å². The number of amides is 1. The van der Waals surface area contributed by atoms with Crippen molar-refractivity contribution in [1.29, 1.82) is 0 Å². The second-order valence-corrected chi connectivity index (χ2v) is 5.55. The predicted molar refractivity (Wildman–Crippen MR) is 67.6 cm³/mol. The molecule has 0 fully saturated rings. The quantitative estimate of drug-likeness (QED) is 0.495. The molecule has 0 spiro atoms. The lowest BCUT2D eigenvalue weighted by molar-refractivity contribution is -0.123. The lowest BCUT2D eigenvalue weighted by atomic mass is 9.85. The molecule has 0 rings (SSSR count). The Morgan fingerprint density at radius 3 is 1.89 bits per heavy atom. The molecule has 112 valence electrons. The zero-order chi connectivity index (χ0) is 15.1. The Balaban J connectivity index is 4.22. The first-order valence-corrected chi connectivity index (χ1v) is 5.99. The van der Waals surface area contributed by atoms with Crippen molar-refractivity contribution in [3.63, 3.8) is 0 Å². The van der Waals surface area contributed by atoms with E-state index < -0.39 is 42.7 Å². The third-order valence-electron chi connectivity index (χ3n) is 2.41. The number of alkyl carbamates (subject to hydrolysis) is 1. The normalized spacial score (nSPS) is 12.1. The van der Waals surface area contributed by atoms with Crippen LogP contribution in [0.4, 0.5) is 4.79 Å². The van der Waals surface area contributed by atoms with Crippen molar-refractivity contribution in [1.82, 2.24) is 5.32 Å². The molecule has 0 saturated carbocycles. The standard InChI is InChI=1S/C12H23NO6/c1-11(2,3)19-10(18)13-5-9(17)4-12(6-14,7-15)8-16/h14-16H,4-8H2,1-3H3,(H,13,18). The molecule has 0 bridgehead atoms. The van der Waals surface area contributed by atoms with Gasteiger partial charge in [-0.2, -0.15) is 0 Å². The molecule has 0 unspecified atom stereocenters. The van der Waals surface area contributed by atoms with E-state index in [-0.39, 0.29) is 13.0 Å². The molecule has 0 aliphatic rings. The van der Waals surface area contributed by atoms with Crippen LogP contribution in [0, 0.1) is 5.41 Å². The maximum atomic E-state index is 11.6. The van der Waals surface area contributed by atoms with Gasteiger partial charge in [0, 0.05) is 11.8 Å². The first-order chi connectivity index (χ1) is 8.68. The highest BCUT2D eigenvalue weighted by Crippen LogP contribution is 2.20. The van der Waals surface area contributed by atoms with Gasteiger partial charge in [0.1, 0.15) is 5.60 Å². The minimum Gasteiger partial charge on any atom is -0.444 e. The van der Waals surface area contributed by atoms with Crippen molar-refractivity contribution in [3.8, 4) is 0 Å². The van der Waals surface area contributed by atoms with Crippen molar-refractivity contribution in [3.05, 3.63) is 0 Å². The zero-order valence-electron chi connectivity index (χ0n) is 11.6. The molecule has 1 amide bonds. The van der Waals surface area contributed by atoms with E-state index in [0.717, 1.165) is 0 Å². The van der Waals surface area contributed by atoms with Gasteiger partial charge in [-0.3, -0.25) is 4.79 Å². The van der Waals surface area contributed by atoms with Gasteiger partial charge in [0.05, 0.1) is 26.4 Å². The highest BCUT2D eigenvalue weighted by molar-refractivity contribution is 5.84. The summed E-state index contributed by atoms with van der Waals surface area (Å²) in [7, 11) is 0. The Bertz CT molecular complexity index is 298. The maximum Gasteiger partial charge on any atom is 0.408 e. The minimum absolute atomic E-state index is 0.230. The molecule has 0 aromatic heterocycles. The molecule has 0 aromatic rings. The number of ether oxygens (including phenoxy) is 1. The van der Waals surface area contributed by atoms with Gasteiger partial charge in [-0.15, -0.1) is 0 Å². The fourth-order valence-corrected chi connectivity index (χ4v) is 1.28. The second kappa shape index (κ2) is 7.42. The Morgan fingerprint density at radius 1 is 1.05 bits per heavy atom. The monoisotopic (exact) mass is 277 g/mol. The summed E-state index contributed by atoms with van der Waals surface area (Å²) in [5.74, 6) is -0.414. The Kier molecular flexibility index (Phi) is 6.96. The third-order valence-corrected chi connectivity index (χ3v) is 2.41. The van der Waals surface area contributed by atoms with E-state index in [1.165, 1.54) is 0 Å². The molecule has 4 N–H and O–H groups in total. The number of ketones is 1. The van der Waals surface area contributed by atoms with Crippen molar-refractivity contribution in [2.45, 2.75) is 32.8 Å². The van der Waals surface area contributed by atoms with Gasteiger partial charge in [-0.05, 0) is 20.8 Å². The van der Waals surface area contributed by atoms with Crippen molar-refractivity contribution in [2.24, 2.45) is 5.41 Å². The summed E-state index contributed by atoms with van der Waals surface area (Å²) in [5, 5.41) is 29.5. The molecule has 7 nitrogen and oxygen atoms in total. The molecule has 0 radical (unpaired) electrons. The van der Waals surface area contributed by atoms with Gasteiger partial charge in [0.25, 0.3) is 0 Å². The van der Waals surface area contributed by atoms with E-state index in [1.54, 1.807) is 20.8 Å². The summed E-state index contributed by atoms with van der Waals surface area (Å²) < 4.78 is 4.95. The Morgan fingerprint density at radius 2 is 1.53 bits per heavy atom. The molecule has 0 aromatic carbocycles. The smallest absolute Gasteiger partial charge is 0.408 e. The van der Waals surface area contributed by atoms with Crippen LogP contribution in [0.15, 0.2) is 0 Å². The van der Waals surface area contributed by atoms with Gasteiger partial charge in [-0.1, -0.05) is 0 Å². The van der Waals surface area contributed by atoms with E-state index >= 15 is 0 Å². The molecule has 0 atom stereocenters. The Hall–Kier alpha value is -1.18. The van der Waals surface area contributed by atoms with E-state index in [9.17, 15) is 9.59 Å². The molecule has 0 heterocycles. The highest BCUT2D eigenvalue weighted by Gasteiger charge is 2.31. The fourth-order valence-electron chi connectivity index (χ4n) is 1.28. The van der Waals surface area contributed by atoms with Crippen LogP contribution < -0.4 is 5.32 Å². The number of carbonyl (C=O) groups is 2. The fraction of sp³-hybridized carbons (Fsp3) is 0.833. The number of hydrogen-bond donors (Lipinski definition) is 4. The number of nitrogens with one attached hydrogen (secondary N) is 1. The number of aliphatic hydroxyl groups excluding tert-OH is 3. The Labute approximate surface area is 112 Å². The molecule has 0 saturated heterocycles. The zero-order valence-corrected chi connectivity index (χ0v) is 11.6. The molecule has 0 aliphatic carbocycles. The number of Topliss-reactive ketones (excluding diaryl/α,β-unsaturated/α-hetero) is 1. The SMILES string of the molecule is CC(C)(C)OC(=O)NCC(=O)CC(CO)(CO)CO. The topological polar surface area (TPSA) is 116 Å². The second-order valence-electron chi connectivity index (χ2n) is 5.55. The van der Waals surface area contributed by atoms with Crippen LogP contribution in [0.3, 0.4) is 0 Å². The van der Waals surface area contributed by atoms with Crippen LogP contribution in [-0.4, -0.2) is 59.2 Å². The van der Waals surface area contributed by atoms with Gasteiger partial charge in [-0.25, -0.2) is 4.79 Å². The van der Waals surface area contributed by atoms with E-state index in [4.69, 9.17) is 20.1 Å². The largest absolute Gasteiger partial charge is 0.444 e. The summed E-state index contributed by atoms with van der Waals surface area (Å²) in [6, 6.07) is 0. The molecule has 19 heavy (non-hydrogen) atoms. The summed E-state index contributed by atoms with van der Waals surface area (Å²) in [5.41, 5.74) is -1.91.